The molecule has 2 aliphatic heterocycles. The van der Waals surface area contributed by atoms with Gasteiger partial charge in [-0.05, 0) is 55.5 Å². The maximum Gasteiger partial charge on any atom is 0.586 e. The van der Waals surface area contributed by atoms with E-state index in [1.54, 1.807) is 11.0 Å². The van der Waals surface area contributed by atoms with Gasteiger partial charge in [0, 0.05) is 34.8 Å². The van der Waals surface area contributed by atoms with Crippen LogP contribution in [0, 0.1) is 5.92 Å². The Bertz CT molecular complexity index is 964. The van der Waals surface area contributed by atoms with E-state index in [1.807, 2.05) is 24.3 Å². The molecule has 2 aromatic carbocycles. The van der Waals surface area contributed by atoms with E-state index < -0.39 is 6.29 Å². The zero-order valence-electron chi connectivity index (χ0n) is 16.0. The van der Waals surface area contributed by atoms with Crippen LogP contribution < -0.4 is 14.4 Å². The second kappa shape index (κ2) is 7.50. The van der Waals surface area contributed by atoms with Crippen molar-refractivity contribution in [2.75, 3.05) is 11.5 Å². The maximum absolute atomic E-state index is 13.4. The average Bonchev–Trinajstić information content (AvgIpc) is 3.51. The van der Waals surface area contributed by atoms with Crippen molar-refractivity contribution in [3.05, 3.63) is 52.5 Å². The zero-order chi connectivity index (χ0) is 20.9. The number of hydrogen-bond donors (Lipinski definition) is 0. The van der Waals surface area contributed by atoms with Crippen LogP contribution >= 0.6 is 15.9 Å². The predicted octanol–water partition coefficient (Wildman–Crippen LogP) is 5.43. The van der Waals surface area contributed by atoms with Crippen molar-refractivity contribution < 1.29 is 27.8 Å². The van der Waals surface area contributed by atoms with Crippen LogP contribution in [0.25, 0.3) is 0 Å². The summed E-state index contributed by atoms with van der Waals surface area (Å²) in [6.45, 7) is 0.516. The SMILES string of the molecule is O=C(C1CC1)N(c1ccc2c(c1)OC(F)(F)O2)[C@@H]1CCO[C@@H](c2ccc(Br)cc2)C1. The Balaban J connectivity index is 1.43. The van der Waals surface area contributed by atoms with Crippen molar-refractivity contribution in [3.63, 3.8) is 0 Å². The minimum Gasteiger partial charge on any atom is -0.395 e. The number of carbonyl (C=O) groups excluding carboxylic acids is 1. The van der Waals surface area contributed by atoms with Crippen LogP contribution in [0.1, 0.15) is 37.4 Å². The molecule has 1 saturated carbocycles. The van der Waals surface area contributed by atoms with Crippen LogP contribution in [0.5, 0.6) is 11.5 Å². The summed E-state index contributed by atoms with van der Waals surface area (Å²) in [5.74, 6) is -0.0576. The number of carbonyl (C=O) groups is 1. The first kappa shape index (κ1) is 19.8. The lowest BCUT2D eigenvalue weighted by Crippen LogP contribution is -2.45. The summed E-state index contributed by atoms with van der Waals surface area (Å²) >= 11 is 3.44. The van der Waals surface area contributed by atoms with Gasteiger partial charge in [-0.2, -0.15) is 0 Å². The fourth-order valence-electron chi connectivity index (χ4n) is 4.06. The van der Waals surface area contributed by atoms with Crippen LogP contribution in [0.3, 0.4) is 0 Å². The molecule has 0 N–H and O–H groups in total. The standard InChI is InChI=1S/C22H20BrF2NO4/c23-15-5-3-13(4-6-15)19-11-17(9-10-28-19)26(21(27)14-1-2-14)16-7-8-18-20(12-16)30-22(24,25)29-18/h3-8,12,14,17,19H,1-2,9-11H2/t17-,19-/m1/s1. The molecule has 0 spiro atoms. The van der Waals surface area contributed by atoms with Gasteiger partial charge in [-0.1, -0.05) is 28.1 Å². The first-order chi connectivity index (χ1) is 14.4. The molecular weight excluding hydrogens is 460 g/mol. The summed E-state index contributed by atoms with van der Waals surface area (Å²) in [7, 11) is 0. The molecule has 2 fully saturated rings. The van der Waals surface area contributed by atoms with E-state index in [0.717, 1.165) is 22.9 Å². The quantitative estimate of drug-likeness (QED) is 0.586. The number of hydrogen-bond acceptors (Lipinski definition) is 4. The number of amides is 1. The van der Waals surface area contributed by atoms with Gasteiger partial charge in [0.15, 0.2) is 11.5 Å². The van der Waals surface area contributed by atoms with E-state index in [9.17, 15) is 13.6 Å². The zero-order valence-corrected chi connectivity index (χ0v) is 17.6. The van der Waals surface area contributed by atoms with Crippen molar-refractivity contribution in [2.24, 2.45) is 5.92 Å². The molecule has 1 aliphatic carbocycles. The van der Waals surface area contributed by atoms with Crippen LogP contribution in [0.4, 0.5) is 14.5 Å². The molecule has 8 heteroatoms. The van der Waals surface area contributed by atoms with Crippen LogP contribution in [0.15, 0.2) is 46.9 Å². The first-order valence-corrected chi connectivity index (χ1v) is 10.8. The lowest BCUT2D eigenvalue weighted by atomic mass is 9.95. The highest BCUT2D eigenvalue weighted by Crippen LogP contribution is 2.45. The molecule has 5 rings (SSSR count). The minimum absolute atomic E-state index is 0.00848. The van der Waals surface area contributed by atoms with E-state index in [0.29, 0.717) is 25.1 Å². The van der Waals surface area contributed by atoms with Gasteiger partial charge in [0.25, 0.3) is 0 Å². The van der Waals surface area contributed by atoms with Gasteiger partial charge in [-0.3, -0.25) is 4.79 Å². The lowest BCUT2D eigenvalue weighted by molar-refractivity contribution is -0.286. The molecule has 2 heterocycles. The fourth-order valence-corrected chi connectivity index (χ4v) is 4.32. The third-order valence-electron chi connectivity index (χ3n) is 5.69. The lowest BCUT2D eigenvalue weighted by Gasteiger charge is -2.38. The van der Waals surface area contributed by atoms with E-state index >= 15 is 0 Å². The molecule has 0 bridgehead atoms. The third-order valence-corrected chi connectivity index (χ3v) is 6.22. The number of anilines is 1. The van der Waals surface area contributed by atoms with Crippen molar-refractivity contribution in [1.29, 1.82) is 0 Å². The van der Waals surface area contributed by atoms with Gasteiger partial charge in [-0.15, -0.1) is 8.78 Å². The summed E-state index contributed by atoms with van der Waals surface area (Å²) in [5, 5.41) is 0. The summed E-state index contributed by atoms with van der Waals surface area (Å²) < 4.78 is 43.0. The second-order valence-electron chi connectivity index (χ2n) is 7.87. The monoisotopic (exact) mass is 479 g/mol. The molecule has 1 saturated heterocycles. The van der Waals surface area contributed by atoms with Gasteiger partial charge in [0.05, 0.1) is 6.10 Å². The molecule has 0 unspecified atom stereocenters. The molecule has 2 aromatic rings. The summed E-state index contributed by atoms with van der Waals surface area (Å²) in [4.78, 5) is 14.9. The van der Waals surface area contributed by atoms with Crippen molar-refractivity contribution in [2.45, 2.75) is 44.1 Å². The Morgan fingerprint density at radius 1 is 1.03 bits per heavy atom. The molecular formula is C22H20BrF2NO4. The third kappa shape index (κ3) is 3.90. The van der Waals surface area contributed by atoms with Gasteiger partial charge < -0.3 is 19.1 Å². The molecule has 2 atom stereocenters. The maximum atomic E-state index is 13.4. The number of benzene rings is 2. The normalized spacial score (nSPS) is 24.5. The number of ether oxygens (including phenoxy) is 3. The van der Waals surface area contributed by atoms with E-state index in [2.05, 4.69) is 25.4 Å². The summed E-state index contributed by atoms with van der Waals surface area (Å²) in [5.41, 5.74) is 1.60. The highest BCUT2D eigenvalue weighted by atomic mass is 79.9. The van der Waals surface area contributed by atoms with Crippen LogP contribution in [-0.4, -0.2) is 24.9 Å². The largest absolute Gasteiger partial charge is 0.586 e. The minimum atomic E-state index is -3.68. The number of nitrogens with zero attached hydrogens (tertiary/aromatic N) is 1. The Labute approximate surface area is 181 Å². The molecule has 1 amide bonds. The average molecular weight is 480 g/mol. The number of alkyl halides is 2. The van der Waals surface area contributed by atoms with Crippen molar-refractivity contribution in [3.8, 4) is 11.5 Å². The Morgan fingerprint density at radius 3 is 2.50 bits per heavy atom. The molecule has 3 aliphatic rings. The van der Waals surface area contributed by atoms with E-state index in [-0.39, 0.29) is 35.5 Å². The highest BCUT2D eigenvalue weighted by Gasteiger charge is 2.45. The van der Waals surface area contributed by atoms with Crippen LogP contribution in [0.2, 0.25) is 0 Å². The van der Waals surface area contributed by atoms with Crippen LogP contribution in [-0.2, 0) is 9.53 Å². The molecule has 0 aromatic heterocycles. The highest BCUT2D eigenvalue weighted by molar-refractivity contribution is 9.10. The van der Waals surface area contributed by atoms with Gasteiger partial charge in [0.1, 0.15) is 0 Å². The fraction of sp³-hybridized carbons (Fsp3) is 0.409. The van der Waals surface area contributed by atoms with Crippen molar-refractivity contribution >= 4 is 27.5 Å². The second-order valence-corrected chi connectivity index (χ2v) is 8.79. The van der Waals surface area contributed by atoms with Gasteiger partial charge in [0.2, 0.25) is 5.91 Å². The number of rotatable bonds is 4. The predicted molar refractivity (Wildman–Crippen MR) is 109 cm³/mol. The number of halogens is 3. The molecule has 5 nitrogen and oxygen atoms in total. The van der Waals surface area contributed by atoms with Gasteiger partial charge >= 0.3 is 6.29 Å². The van der Waals surface area contributed by atoms with E-state index in [4.69, 9.17) is 4.74 Å². The Morgan fingerprint density at radius 2 is 1.77 bits per heavy atom. The Hall–Kier alpha value is -2.19. The van der Waals surface area contributed by atoms with E-state index in [1.165, 1.54) is 12.1 Å². The smallest absolute Gasteiger partial charge is 0.395 e. The summed E-state index contributed by atoms with van der Waals surface area (Å²) in [6, 6.07) is 12.4. The molecule has 158 valence electrons. The summed E-state index contributed by atoms with van der Waals surface area (Å²) in [6.07, 6.45) is -0.794. The number of fused-ring (bicyclic) bond motifs is 1. The molecule has 0 radical (unpaired) electrons. The Kier molecular flexibility index (Phi) is 4.94. The first-order valence-electron chi connectivity index (χ1n) is 10.00. The van der Waals surface area contributed by atoms with Crippen molar-refractivity contribution in [1.82, 2.24) is 0 Å². The topological polar surface area (TPSA) is 48.0 Å². The molecule has 30 heavy (non-hydrogen) atoms. The van der Waals surface area contributed by atoms with Gasteiger partial charge in [-0.25, -0.2) is 0 Å².